The summed E-state index contributed by atoms with van der Waals surface area (Å²) in [6, 6.07) is -1.11. The normalized spacial score (nSPS) is 11.4. The van der Waals surface area contributed by atoms with Crippen molar-refractivity contribution in [2.75, 3.05) is 0 Å². The van der Waals surface area contributed by atoms with Gasteiger partial charge in [-0.2, -0.15) is 0 Å². The first-order valence-electron chi connectivity index (χ1n) is 9.71. The summed E-state index contributed by atoms with van der Waals surface area (Å²) in [4.78, 5) is 33.2. The maximum absolute atomic E-state index is 11.7. The molecule has 1 unspecified atom stereocenters. The van der Waals surface area contributed by atoms with Crippen molar-refractivity contribution in [2.24, 2.45) is 0 Å². The second kappa shape index (κ2) is 19.8. The fraction of sp³-hybridized carbons (Fsp3) is 0.842. The number of hydrogen-bond donors (Lipinski definition) is 3. The zero-order chi connectivity index (χ0) is 18.9. The van der Waals surface area contributed by atoms with E-state index in [0.29, 0.717) is 6.42 Å². The van der Waals surface area contributed by atoms with Crippen LogP contribution >= 0.6 is 0 Å². The monoisotopic (exact) mass is 397 g/mol. The van der Waals surface area contributed by atoms with Crippen LogP contribution in [0, 0.1) is 0 Å². The first kappa shape index (κ1) is 28.3. The van der Waals surface area contributed by atoms with E-state index in [-0.39, 0.29) is 70.1 Å². The Morgan fingerprint density at radius 3 is 1.65 bits per heavy atom. The topological polar surface area (TPSA) is 104 Å². The van der Waals surface area contributed by atoms with Crippen LogP contribution < -0.4 is 5.32 Å². The zero-order valence-electron chi connectivity index (χ0n) is 15.6. The molecule has 0 radical (unpaired) electrons. The van der Waals surface area contributed by atoms with E-state index in [4.69, 9.17) is 10.2 Å². The van der Waals surface area contributed by atoms with Crippen LogP contribution in [-0.4, -0.2) is 85.5 Å². The predicted octanol–water partition coefficient (Wildman–Crippen LogP) is 3.47. The molecule has 26 heavy (non-hydrogen) atoms. The number of carboxylic acids is 2. The predicted molar refractivity (Wildman–Crippen MR) is 105 cm³/mol. The first-order valence-corrected chi connectivity index (χ1v) is 9.71. The third-order valence-corrected chi connectivity index (χ3v) is 4.29. The molecular formula is C19H36KNO5. The van der Waals surface area contributed by atoms with Crippen LogP contribution in [0.3, 0.4) is 0 Å². The Balaban J connectivity index is 0. The molecule has 7 heteroatoms. The van der Waals surface area contributed by atoms with Crippen molar-refractivity contribution in [3.8, 4) is 0 Å². The van der Waals surface area contributed by atoms with Gasteiger partial charge in [0.2, 0.25) is 5.91 Å². The molecule has 6 nitrogen and oxygen atoms in total. The Morgan fingerprint density at radius 1 is 0.769 bits per heavy atom. The molecule has 0 bridgehead atoms. The number of aliphatic carboxylic acids is 2. The molecule has 0 spiro atoms. The molecule has 0 saturated carbocycles. The van der Waals surface area contributed by atoms with Gasteiger partial charge in [-0.25, -0.2) is 4.79 Å². The fourth-order valence-electron chi connectivity index (χ4n) is 2.74. The van der Waals surface area contributed by atoms with E-state index in [2.05, 4.69) is 12.2 Å². The van der Waals surface area contributed by atoms with Crippen LogP contribution in [0.4, 0.5) is 0 Å². The van der Waals surface area contributed by atoms with Gasteiger partial charge in [0.1, 0.15) is 6.04 Å². The molecular weight excluding hydrogens is 361 g/mol. The van der Waals surface area contributed by atoms with Gasteiger partial charge in [-0.05, 0) is 12.8 Å². The second-order valence-corrected chi connectivity index (χ2v) is 6.68. The number of hydrogen-bond acceptors (Lipinski definition) is 3. The van der Waals surface area contributed by atoms with Gasteiger partial charge in [0.05, 0.1) is 0 Å². The summed E-state index contributed by atoms with van der Waals surface area (Å²) in [5, 5.41) is 20.0. The van der Waals surface area contributed by atoms with Gasteiger partial charge in [0.15, 0.2) is 0 Å². The number of rotatable bonds is 17. The molecule has 0 aliphatic heterocycles. The minimum absolute atomic E-state index is 0. The number of nitrogens with one attached hydrogen (secondary N) is 1. The van der Waals surface area contributed by atoms with Gasteiger partial charge in [0, 0.05) is 12.8 Å². The van der Waals surface area contributed by atoms with Crippen molar-refractivity contribution in [3.05, 3.63) is 0 Å². The maximum atomic E-state index is 11.7. The Bertz CT molecular complexity index is 390. The summed E-state index contributed by atoms with van der Waals surface area (Å²) in [5.41, 5.74) is 0. The molecule has 0 aromatic carbocycles. The molecule has 3 N–H and O–H groups in total. The molecule has 0 saturated heterocycles. The van der Waals surface area contributed by atoms with Crippen molar-refractivity contribution in [2.45, 2.75) is 103 Å². The summed E-state index contributed by atoms with van der Waals surface area (Å²) in [6.07, 6.45) is 13.1. The van der Waals surface area contributed by atoms with Crippen molar-refractivity contribution in [3.63, 3.8) is 0 Å². The molecule has 0 aliphatic carbocycles. The average Bonchev–Trinajstić information content (AvgIpc) is 2.56. The molecule has 1 atom stereocenters. The van der Waals surface area contributed by atoms with E-state index in [1.165, 1.54) is 51.4 Å². The third-order valence-electron chi connectivity index (χ3n) is 4.29. The summed E-state index contributed by atoms with van der Waals surface area (Å²) < 4.78 is 0. The van der Waals surface area contributed by atoms with Crippen LogP contribution in [0.2, 0.25) is 0 Å². The first-order chi connectivity index (χ1) is 12.0. The van der Waals surface area contributed by atoms with Gasteiger partial charge in [-0.1, -0.05) is 71.1 Å². The number of carboxylic acid groups (broad SMARTS) is 2. The molecule has 148 valence electrons. The van der Waals surface area contributed by atoms with Crippen molar-refractivity contribution < 1.29 is 24.6 Å². The van der Waals surface area contributed by atoms with E-state index < -0.39 is 18.0 Å². The summed E-state index contributed by atoms with van der Waals surface area (Å²) >= 11 is 0. The number of carbonyl (C=O) groups is 3. The fourth-order valence-corrected chi connectivity index (χ4v) is 2.74. The Morgan fingerprint density at radius 2 is 1.23 bits per heavy atom. The van der Waals surface area contributed by atoms with Gasteiger partial charge in [0.25, 0.3) is 0 Å². The van der Waals surface area contributed by atoms with Crippen molar-refractivity contribution >= 4 is 69.2 Å². The third kappa shape index (κ3) is 18.8. The van der Waals surface area contributed by atoms with E-state index in [1.807, 2.05) is 0 Å². The number of unbranched alkanes of at least 4 members (excludes halogenated alkanes) is 10. The van der Waals surface area contributed by atoms with E-state index >= 15 is 0 Å². The van der Waals surface area contributed by atoms with Crippen molar-refractivity contribution in [1.29, 1.82) is 0 Å². The Hall–Kier alpha value is 0.0464. The van der Waals surface area contributed by atoms with Crippen molar-refractivity contribution in [1.82, 2.24) is 5.32 Å². The Kier molecular flexibility index (Phi) is 21.5. The number of carbonyl (C=O) groups excluding carboxylic acids is 1. The van der Waals surface area contributed by atoms with Crippen LogP contribution in [0.1, 0.15) is 96.8 Å². The SMILES string of the molecule is CCCCCCCCCCCCCC(=O)NC(CCC(=O)O)C(=O)O.[KH]. The molecule has 0 aromatic heterocycles. The van der Waals surface area contributed by atoms with Crippen LogP contribution in [-0.2, 0) is 14.4 Å². The van der Waals surface area contributed by atoms with Gasteiger partial charge < -0.3 is 15.5 Å². The second-order valence-electron chi connectivity index (χ2n) is 6.68. The molecule has 0 fully saturated rings. The molecule has 0 aliphatic rings. The minimum atomic E-state index is -1.19. The van der Waals surface area contributed by atoms with Gasteiger partial charge in [-0.3, -0.25) is 9.59 Å². The summed E-state index contributed by atoms with van der Waals surface area (Å²) in [7, 11) is 0. The van der Waals surface area contributed by atoms with E-state index in [1.54, 1.807) is 0 Å². The zero-order valence-corrected chi connectivity index (χ0v) is 15.6. The summed E-state index contributed by atoms with van der Waals surface area (Å²) in [6.45, 7) is 2.22. The quantitative estimate of drug-likeness (QED) is 0.257. The van der Waals surface area contributed by atoms with Crippen LogP contribution in [0.5, 0.6) is 0 Å². The van der Waals surface area contributed by atoms with E-state index in [9.17, 15) is 14.4 Å². The van der Waals surface area contributed by atoms with Gasteiger partial charge in [-0.15, -0.1) is 0 Å². The van der Waals surface area contributed by atoms with Crippen LogP contribution in [0.15, 0.2) is 0 Å². The van der Waals surface area contributed by atoms with E-state index in [0.717, 1.165) is 19.3 Å². The Labute approximate surface area is 200 Å². The molecule has 1 amide bonds. The molecule has 0 rings (SSSR count). The molecule has 0 heterocycles. The standard InChI is InChI=1S/C19H35NO5.K.H/c1-2-3-4-5-6-7-8-9-10-11-12-13-17(21)20-16(19(24)25)14-15-18(22)23;;/h16H,2-15H2,1H3,(H,20,21)(H,22,23)(H,24,25);;. The average molecular weight is 398 g/mol. The number of amides is 1. The molecule has 0 aromatic rings. The van der Waals surface area contributed by atoms with Crippen LogP contribution in [0.25, 0.3) is 0 Å². The van der Waals surface area contributed by atoms with Gasteiger partial charge >= 0.3 is 63.3 Å². The summed E-state index contributed by atoms with van der Waals surface area (Å²) in [5.74, 6) is -2.56.